The predicted molar refractivity (Wildman–Crippen MR) is 55.2 cm³/mol. The number of methoxy groups -OCH3 is 1. The van der Waals surface area contributed by atoms with Crippen LogP contribution < -0.4 is 5.32 Å². The van der Waals surface area contributed by atoms with Crippen LogP contribution in [0.1, 0.15) is 13.3 Å². The van der Waals surface area contributed by atoms with E-state index in [2.05, 4.69) is 5.32 Å². The largest absolute Gasteiger partial charge is 0.383 e. The van der Waals surface area contributed by atoms with Crippen LogP contribution in [-0.4, -0.2) is 50.1 Å². The highest BCUT2D eigenvalue weighted by Crippen LogP contribution is 2.20. The molecule has 0 aromatic rings. The number of amides is 2. The van der Waals surface area contributed by atoms with Crippen molar-refractivity contribution in [2.45, 2.75) is 19.4 Å². The Morgan fingerprint density at radius 3 is 2.93 bits per heavy atom. The van der Waals surface area contributed by atoms with E-state index in [0.717, 1.165) is 0 Å². The minimum absolute atomic E-state index is 0.0353. The Kier molecular flexibility index (Phi) is 4.08. The molecule has 5 heteroatoms. The molecule has 1 N–H and O–H groups in total. The lowest BCUT2D eigenvalue weighted by molar-refractivity contribution is -0.130. The quantitative estimate of drug-likeness (QED) is 0.693. The Balaban J connectivity index is 2.56. The van der Waals surface area contributed by atoms with Gasteiger partial charge in [-0.05, 0) is 6.92 Å². The number of rotatable bonds is 4. The summed E-state index contributed by atoms with van der Waals surface area (Å²) < 4.78 is 4.99. The summed E-state index contributed by atoms with van der Waals surface area (Å²) in [5.41, 5.74) is 0. The van der Waals surface area contributed by atoms with Gasteiger partial charge >= 0.3 is 0 Å². The third-order valence-electron chi connectivity index (χ3n) is 2.72. The van der Waals surface area contributed by atoms with Gasteiger partial charge < -0.3 is 15.0 Å². The fraction of sp³-hybridized carbons (Fsp3) is 0.800. The SMILES string of the molecule is CNC(=O)[C@H]1CC(=O)N([C@@H](C)COC)C1. The van der Waals surface area contributed by atoms with Gasteiger partial charge in [-0.15, -0.1) is 0 Å². The Bertz CT molecular complexity index is 255. The van der Waals surface area contributed by atoms with E-state index in [-0.39, 0.29) is 23.8 Å². The molecule has 0 aromatic carbocycles. The van der Waals surface area contributed by atoms with Gasteiger partial charge in [0.15, 0.2) is 0 Å². The van der Waals surface area contributed by atoms with E-state index >= 15 is 0 Å². The number of hydrogen-bond acceptors (Lipinski definition) is 3. The first kappa shape index (κ1) is 12.0. The molecule has 0 radical (unpaired) electrons. The van der Waals surface area contributed by atoms with E-state index in [1.807, 2.05) is 6.92 Å². The lowest BCUT2D eigenvalue weighted by Crippen LogP contribution is -2.38. The smallest absolute Gasteiger partial charge is 0.225 e. The molecule has 1 rings (SSSR count). The number of nitrogens with zero attached hydrogens (tertiary/aromatic N) is 1. The van der Waals surface area contributed by atoms with Gasteiger partial charge in [-0.1, -0.05) is 0 Å². The molecular weight excluding hydrogens is 196 g/mol. The van der Waals surface area contributed by atoms with Gasteiger partial charge in [0.25, 0.3) is 0 Å². The molecule has 0 bridgehead atoms. The van der Waals surface area contributed by atoms with Crippen molar-refractivity contribution in [3.05, 3.63) is 0 Å². The maximum absolute atomic E-state index is 11.6. The van der Waals surface area contributed by atoms with Gasteiger partial charge in [0, 0.05) is 27.1 Å². The van der Waals surface area contributed by atoms with E-state index in [1.165, 1.54) is 0 Å². The monoisotopic (exact) mass is 214 g/mol. The van der Waals surface area contributed by atoms with Crippen LogP contribution in [0.2, 0.25) is 0 Å². The van der Waals surface area contributed by atoms with Crippen LogP contribution in [0.4, 0.5) is 0 Å². The maximum Gasteiger partial charge on any atom is 0.225 e. The molecule has 1 heterocycles. The standard InChI is InChI=1S/C10H18N2O3/c1-7(6-15-3)12-5-8(4-9(12)13)10(14)11-2/h7-8H,4-6H2,1-3H3,(H,11,14)/t7-,8-/m0/s1. The molecule has 1 aliphatic heterocycles. The minimum atomic E-state index is -0.207. The second kappa shape index (κ2) is 5.11. The summed E-state index contributed by atoms with van der Waals surface area (Å²) in [6, 6.07) is 0.0390. The molecule has 0 spiro atoms. The van der Waals surface area contributed by atoms with Crippen molar-refractivity contribution in [1.82, 2.24) is 10.2 Å². The number of nitrogens with one attached hydrogen (secondary N) is 1. The van der Waals surface area contributed by atoms with Crippen molar-refractivity contribution < 1.29 is 14.3 Å². The average Bonchev–Trinajstić information content (AvgIpc) is 2.59. The molecule has 0 saturated carbocycles. The predicted octanol–water partition coefficient (Wildman–Crippen LogP) is -0.384. The number of carbonyl (C=O) groups is 2. The maximum atomic E-state index is 11.6. The van der Waals surface area contributed by atoms with Crippen molar-refractivity contribution in [2.24, 2.45) is 5.92 Å². The van der Waals surface area contributed by atoms with Gasteiger partial charge in [0.2, 0.25) is 11.8 Å². The lowest BCUT2D eigenvalue weighted by atomic mass is 10.1. The summed E-state index contributed by atoms with van der Waals surface area (Å²) in [6.45, 7) is 2.93. The van der Waals surface area contributed by atoms with Crippen LogP contribution >= 0.6 is 0 Å². The molecule has 5 nitrogen and oxygen atoms in total. The number of carbonyl (C=O) groups excluding carboxylic acids is 2. The van der Waals surface area contributed by atoms with Crippen LogP contribution in [-0.2, 0) is 14.3 Å². The van der Waals surface area contributed by atoms with E-state index in [4.69, 9.17) is 4.74 Å². The molecule has 86 valence electrons. The first-order valence-electron chi connectivity index (χ1n) is 5.10. The summed E-state index contributed by atoms with van der Waals surface area (Å²) in [7, 11) is 3.20. The van der Waals surface area contributed by atoms with Crippen LogP contribution in [0.15, 0.2) is 0 Å². The van der Waals surface area contributed by atoms with E-state index < -0.39 is 0 Å². The molecule has 0 unspecified atom stereocenters. The fourth-order valence-corrected chi connectivity index (χ4v) is 1.87. The second-order valence-corrected chi connectivity index (χ2v) is 3.87. The zero-order chi connectivity index (χ0) is 11.4. The summed E-state index contributed by atoms with van der Waals surface area (Å²) in [4.78, 5) is 24.7. The summed E-state index contributed by atoms with van der Waals surface area (Å²) >= 11 is 0. The van der Waals surface area contributed by atoms with Crippen LogP contribution in [0.3, 0.4) is 0 Å². The number of ether oxygens (including phenoxy) is 1. The second-order valence-electron chi connectivity index (χ2n) is 3.87. The Morgan fingerprint density at radius 2 is 2.40 bits per heavy atom. The molecule has 1 aliphatic rings. The third kappa shape index (κ3) is 2.68. The van der Waals surface area contributed by atoms with Gasteiger partial charge in [-0.2, -0.15) is 0 Å². The molecule has 2 amide bonds. The fourth-order valence-electron chi connectivity index (χ4n) is 1.87. The molecule has 2 atom stereocenters. The van der Waals surface area contributed by atoms with Crippen molar-refractivity contribution >= 4 is 11.8 Å². The normalized spacial score (nSPS) is 23.0. The van der Waals surface area contributed by atoms with Gasteiger partial charge in [-0.3, -0.25) is 9.59 Å². The highest BCUT2D eigenvalue weighted by Gasteiger charge is 2.35. The Morgan fingerprint density at radius 1 is 1.73 bits per heavy atom. The Hall–Kier alpha value is -1.10. The summed E-state index contributed by atoms with van der Waals surface area (Å²) in [5, 5.41) is 2.57. The molecular formula is C10H18N2O3. The van der Waals surface area contributed by atoms with Crippen molar-refractivity contribution in [2.75, 3.05) is 27.3 Å². The highest BCUT2D eigenvalue weighted by molar-refractivity contribution is 5.89. The van der Waals surface area contributed by atoms with Crippen LogP contribution in [0.5, 0.6) is 0 Å². The lowest BCUT2D eigenvalue weighted by Gasteiger charge is -2.23. The van der Waals surface area contributed by atoms with E-state index in [9.17, 15) is 9.59 Å². The van der Waals surface area contributed by atoms with Crippen molar-refractivity contribution in [1.29, 1.82) is 0 Å². The van der Waals surface area contributed by atoms with Gasteiger partial charge in [0.1, 0.15) is 0 Å². The van der Waals surface area contributed by atoms with Gasteiger partial charge in [-0.25, -0.2) is 0 Å². The van der Waals surface area contributed by atoms with Crippen LogP contribution in [0.25, 0.3) is 0 Å². The molecule has 1 saturated heterocycles. The topological polar surface area (TPSA) is 58.6 Å². The molecule has 0 aliphatic carbocycles. The summed E-state index contributed by atoms with van der Waals surface area (Å²) in [6.07, 6.45) is 0.313. The van der Waals surface area contributed by atoms with Gasteiger partial charge in [0.05, 0.1) is 18.6 Å². The number of hydrogen-bond donors (Lipinski definition) is 1. The first-order valence-corrected chi connectivity index (χ1v) is 5.10. The molecule has 0 aromatic heterocycles. The summed E-state index contributed by atoms with van der Waals surface area (Å²) in [5.74, 6) is -0.231. The van der Waals surface area contributed by atoms with E-state index in [0.29, 0.717) is 19.6 Å². The first-order chi connectivity index (χ1) is 7.10. The number of likely N-dealkylation sites (tertiary alicyclic amines) is 1. The minimum Gasteiger partial charge on any atom is -0.383 e. The zero-order valence-electron chi connectivity index (χ0n) is 9.45. The van der Waals surface area contributed by atoms with Crippen molar-refractivity contribution in [3.63, 3.8) is 0 Å². The zero-order valence-corrected chi connectivity index (χ0v) is 9.45. The Labute approximate surface area is 89.8 Å². The average molecular weight is 214 g/mol. The highest BCUT2D eigenvalue weighted by atomic mass is 16.5. The third-order valence-corrected chi connectivity index (χ3v) is 2.72. The van der Waals surface area contributed by atoms with E-state index in [1.54, 1.807) is 19.1 Å². The van der Waals surface area contributed by atoms with Crippen LogP contribution in [0, 0.1) is 5.92 Å². The van der Waals surface area contributed by atoms with Crippen molar-refractivity contribution in [3.8, 4) is 0 Å². The molecule has 1 fully saturated rings. The molecule has 15 heavy (non-hydrogen) atoms.